The van der Waals surface area contributed by atoms with Crippen molar-refractivity contribution in [2.75, 3.05) is 19.8 Å². The summed E-state index contributed by atoms with van der Waals surface area (Å²) in [5, 5.41) is 2.79. The maximum Gasteiger partial charge on any atom is 0.349 e. The van der Waals surface area contributed by atoms with Gasteiger partial charge in [0.2, 0.25) is 0 Å². The molecule has 4 nitrogen and oxygen atoms in total. The van der Waals surface area contributed by atoms with Gasteiger partial charge < -0.3 is 14.4 Å². The summed E-state index contributed by atoms with van der Waals surface area (Å²) in [5.74, 6) is 0. The van der Waals surface area contributed by atoms with Crippen molar-refractivity contribution in [1.29, 1.82) is 0 Å². The maximum absolute atomic E-state index is 13.3. The third kappa shape index (κ3) is 10.2. The van der Waals surface area contributed by atoms with Gasteiger partial charge >= 0.3 is 7.60 Å². The zero-order chi connectivity index (χ0) is 18.3. The van der Waals surface area contributed by atoms with Crippen molar-refractivity contribution in [2.24, 2.45) is 0 Å². The molecule has 0 spiro atoms. The average molecular weight is 364 g/mol. The molecule has 0 aliphatic carbocycles. The number of nitrogens with one attached hydrogen (secondary N) is 1. The van der Waals surface area contributed by atoms with Crippen molar-refractivity contribution in [3.63, 3.8) is 0 Å². The fraction of sp³-hybridized carbons (Fsp3) is 1.00. The molecule has 0 amide bonds. The first-order valence-corrected chi connectivity index (χ1v) is 11.6. The van der Waals surface area contributed by atoms with E-state index in [1.807, 2.05) is 13.8 Å². The van der Waals surface area contributed by atoms with E-state index in [2.05, 4.69) is 26.1 Å². The molecular weight excluding hydrogens is 321 g/mol. The van der Waals surface area contributed by atoms with Crippen LogP contribution in [0.3, 0.4) is 0 Å². The molecule has 0 aliphatic rings. The minimum absolute atomic E-state index is 0.502. The summed E-state index contributed by atoms with van der Waals surface area (Å²) < 4.78 is 24.8. The molecule has 0 aromatic carbocycles. The molecule has 146 valence electrons. The molecule has 0 radical (unpaired) electrons. The molecular formula is C19H42NO3P. The van der Waals surface area contributed by atoms with E-state index >= 15 is 0 Å². The third-order valence-corrected chi connectivity index (χ3v) is 6.86. The fourth-order valence-corrected chi connectivity index (χ4v) is 4.18. The second-order valence-corrected chi connectivity index (χ2v) is 9.75. The molecule has 0 aliphatic heterocycles. The fourth-order valence-electron chi connectivity index (χ4n) is 2.41. The molecule has 0 heterocycles. The highest BCUT2D eigenvalue weighted by atomic mass is 31.2. The van der Waals surface area contributed by atoms with E-state index in [4.69, 9.17) is 9.05 Å². The minimum atomic E-state index is -3.16. The highest BCUT2D eigenvalue weighted by Gasteiger charge is 2.43. The number of rotatable bonds is 17. The Morgan fingerprint density at radius 2 is 1.21 bits per heavy atom. The zero-order valence-corrected chi connectivity index (χ0v) is 17.8. The van der Waals surface area contributed by atoms with Crippen molar-refractivity contribution < 1.29 is 13.6 Å². The van der Waals surface area contributed by atoms with Crippen LogP contribution in [0.15, 0.2) is 0 Å². The Morgan fingerprint density at radius 1 is 0.750 bits per heavy atom. The van der Waals surface area contributed by atoms with Gasteiger partial charge in [0.1, 0.15) is 5.28 Å². The van der Waals surface area contributed by atoms with Crippen LogP contribution in [0.1, 0.15) is 98.8 Å². The summed E-state index contributed by atoms with van der Waals surface area (Å²) in [6.07, 6.45) is 11.4. The van der Waals surface area contributed by atoms with Crippen LogP contribution < -0.4 is 5.32 Å². The van der Waals surface area contributed by atoms with Gasteiger partial charge in [0.15, 0.2) is 0 Å². The molecule has 0 rings (SSSR count). The van der Waals surface area contributed by atoms with Gasteiger partial charge in [-0.25, -0.2) is 0 Å². The van der Waals surface area contributed by atoms with E-state index in [0.717, 1.165) is 38.6 Å². The molecule has 24 heavy (non-hydrogen) atoms. The molecule has 0 fully saturated rings. The Hall–Kier alpha value is 0.110. The molecule has 0 bridgehead atoms. The van der Waals surface area contributed by atoms with Gasteiger partial charge in [0, 0.05) is 0 Å². The molecule has 0 aromatic heterocycles. The van der Waals surface area contributed by atoms with Crippen LogP contribution in [0.25, 0.3) is 0 Å². The topological polar surface area (TPSA) is 47.6 Å². The zero-order valence-electron chi connectivity index (χ0n) is 16.9. The lowest BCUT2D eigenvalue weighted by atomic mass is 10.1. The summed E-state index contributed by atoms with van der Waals surface area (Å²) >= 11 is 0. The molecule has 0 aromatic rings. The van der Waals surface area contributed by atoms with Gasteiger partial charge in [-0.3, -0.25) is 4.57 Å². The predicted molar refractivity (Wildman–Crippen MR) is 105 cm³/mol. The number of hydrogen-bond acceptors (Lipinski definition) is 4. The average Bonchev–Trinajstić information content (AvgIpc) is 2.54. The Morgan fingerprint density at radius 3 is 1.71 bits per heavy atom. The van der Waals surface area contributed by atoms with Gasteiger partial charge in [0.25, 0.3) is 0 Å². The van der Waals surface area contributed by atoms with E-state index in [1.54, 1.807) is 0 Å². The van der Waals surface area contributed by atoms with Crippen LogP contribution in [-0.4, -0.2) is 25.0 Å². The Bertz CT molecular complexity index is 321. The lowest BCUT2D eigenvalue weighted by molar-refractivity contribution is 0.175. The first kappa shape index (κ1) is 24.1. The molecule has 0 atom stereocenters. The summed E-state index contributed by atoms with van der Waals surface area (Å²) in [6, 6.07) is 0. The highest BCUT2D eigenvalue weighted by molar-refractivity contribution is 7.55. The van der Waals surface area contributed by atoms with Gasteiger partial charge in [-0.05, 0) is 39.7 Å². The van der Waals surface area contributed by atoms with Gasteiger partial charge in [-0.2, -0.15) is 0 Å². The van der Waals surface area contributed by atoms with Crippen LogP contribution in [-0.2, 0) is 13.6 Å². The van der Waals surface area contributed by atoms with Crippen molar-refractivity contribution in [3.8, 4) is 0 Å². The van der Waals surface area contributed by atoms with Crippen LogP contribution in [0.4, 0.5) is 0 Å². The molecule has 0 unspecified atom stereocenters. The van der Waals surface area contributed by atoms with Gasteiger partial charge in [-0.15, -0.1) is 0 Å². The van der Waals surface area contributed by atoms with Crippen LogP contribution in [0.5, 0.6) is 0 Å². The largest absolute Gasteiger partial charge is 0.349 e. The minimum Gasteiger partial charge on any atom is -0.307 e. The third-order valence-electron chi connectivity index (χ3n) is 4.29. The maximum atomic E-state index is 13.3. The Labute approximate surface area is 151 Å². The van der Waals surface area contributed by atoms with E-state index in [1.165, 1.54) is 32.1 Å². The van der Waals surface area contributed by atoms with Crippen LogP contribution in [0, 0.1) is 0 Å². The molecule has 1 N–H and O–H groups in total. The monoisotopic (exact) mass is 363 g/mol. The number of unbranched alkanes of at least 4 members (excludes halogenated alkanes) is 7. The standard InChI is InChI=1S/C19H42NO3P/c1-6-9-12-13-14-15-16-20-19(4,5)24(21,22-17-10-7-2)23-18-11-8-3/h20H,6-18H2,1-5H3. The smallest absolute Gasteiger partial charge is 0.307 e. The normalized spacial score (nSPS) is 12.7. The quantitative estimate of drug-likeness (QED) is 0.237. The molecule has 0 saturated heterocycles. The summed E-state index contributed by atoms with van der Waals surface area (Å²) in [6.45, 7) is 12.2. The summed E-state index contributed by atoms with van der Waals surface area (Å²) in [5.41, 5.74) is 0. The Balaban J connectivity index is 4.39. The van der Waals surface area contributed by atoms with E-state index in [-0.39, 0.29) is 0 Å². The lowest BCUT2D eigenvalue weighted by Crippen LogP contribution is -2.41. The predicted octanol–water partition coefficient (Wildman–Crippen LogP) is 6.50. The van der Waals surface area contributed by atoms with Gasteiger partial charge in [0.05, 0.1) is 13.2 Å². The summed E-state index contributed by atoms with van der Waals surface area (Å²) in [4.78, 5) is 0. The lowest BCUT2D eigenvalue weighted by Gasteiger charge is -2.34. The SMILES string of the molecule is CCCCCCCCNC(C)(C)P(=O)(OCCCC)OCCCC. The first-order chi connectivity index (χ1) is 11.4. The second kappa shape index (κ2) is 14.3. The Kier molecular flexibility index (Phi) is 14.4. The van der Waals surface area contributed by atoms with E-state index in [0.29, 0.717) is 13.2 Å². The van der Waals surface area contributed by atoms with Crippen LogP contribution >= 0.6 is 7.60 Å². The van der Waals surface area contributed by atoms with Crippen LogP contribution in [0.2, 0.25) is 0 Å². The van der Waals surface area contributed by atoms with Gasteiger partial charge in [-0.1, -0.05) is 65.7 Å². The first-order valence-electron chi connectivity index (χ1n) is 10.1. The molecule has 5 heteroatoms. The van der Waals surface area contributed by atoms with Crippen molar-refractivity contribution in [1.82, 2.24) is 5.32 Å². The van der Waals surface area contributed by atoms with E-state index < -0.39 is 12.9 Å². The van der Waals surface area contributed by atoms with Crippen molar-refractivity contribution in [3.05, 3.63) is 0 Å². The highest BCUT2D eigenvalue weighted by Crippen LogP contribution is 2.58. The van der Waals surface area contributed by atoms with Crippen molar-refractivity contribution in [2.45, 2.75) is 104 Å². The van der Waals surface area contributed by atoms with E-state index in [9.17, 15) is 4.57 Å². The number of hydrogen-bond donors (Lipinski definition) is 1. The summed E-state index contributed by atoms with van der Waals surface area (Å²) in [7, 11) is -3.16. The van der Waals surface area contributed by atoms with Crippen molar-refractivity contribution >= 4 is 7.60 Å². The molecule has 0 saturated carbocycles. The second-order valence-electron chi connectivity index (χ2n) is 7.12.